The van der Waals surface area contributed by atoms with Gasteiger partial charge >= 0.3 is 5.97 Å². The van der Waals surface area contributed by atoms with E-state index in [2.05, 4.69) is 4.99 Å². The number of nitrogens with two attached hydrogens (primary N) is 2. The number of hydrogen-bond donors (Lipinski definition) is 2. The minimum absolute atomic E-state index is 0.143. The monoisotopic (exact) mass is 201 g/mol. The molecule has 0 saturated heterocycles. The first-order valence-electron chi connectivity index (χ1n) is 4.81. The Morgan fingerprint density at radius 1 is 1.21 bits per heavy atom. The molecule has 0 bridgehead atoms. The van der Waals surface area contributed by atoms with Gasteiger partial charge in [-0.15, -0.1) is 0 Å². The minimum Gasteiger partial charge on any atom is -0.466 e. The summed E-state index contributed by atoms with van der Waals surface area (Å²) in [4.78, 5) is 14.2. The Labute approximate surface area is 84.5 Å². The molecule has 0 aliphatic heterocycles. The van der Waals surface area contributed by atoms with Crippen LogP contribution < -0.4 is 11.5 Å². The molecule has 0 unspecified atom stereocenters. The molecule has 0 aromatic heterocycles. The van der Waals surface area contributed by atoms with Crippen LogP contribution in [-0.4, -0.2) is 25.1 Å². The van der Waals surface area contributed by atoms with Gasteiger partial charge in [-0.3, -0.25) is 9.79 Å². The molecule has 5 heteroatoms. The van der Waals surface area contributed by atoms with Gasteiger partial charge in [0.1, 0.15) is 0 Å². The summed E-state index contributed by atoms with van der Waals surface area (Å²) in [6.07, 6.45) is 3.96. The summed E-state index contributed by atoms with van der Waals surface area (Å²) >= 11 is 0. The van der Waals surface area contributed by atoms with Crippen molar-refractivity contribution in [3.05, 3.63) is 0 Å². The Morgan fingerprint density at radius 3 is 2.43 bits per heavy atom. The number of aliphatic imine (C=N–C) groups is 1. The van der Waals surface area contributed by atoms with Gasteiger partial charge in [0.15, 0.2) is 5.96 Å². The number of rotatable bonds is 7. The zero-order chi connectivity index (χ0) is 10.8. The molecule has 0 aromatic carbocycles. The van der Waals surface area contributed by atoms with Gasteiger partial charge in [0.05, 0.1) is 6.61 Å². The maximum absolute atomic E-state index is 10.4. The third-order valence-corrected chi connectivity index (χ3v) is 1.65. The van der Waals surface area contributed by atoms with Crippen LogP contribution in [0.3, 0.4) is 0 Å². The second-order valence-corrected chi connectivity index (χ2v) is 3.06. The first kappa shape index (κ1) is 12.7. The Balaban J connectivity index is 3.07. The summed E-state index contributed by atoms with van der Waals surface area (Å²) in [7, 11) is 0. The standard InChI is InChI=1S/C9H19N3O2/c1-8(13)14-7-5-3-2-4-6-12-9(10)11/h2-7H2,1H3,(H4,10,11,12). The number of esters is 1. The highest BCUT2D eigenvalue weighted by molar-refractivity contribution is 5.75. The van der Waals surface area contributed by atoms with Crippen molar-refractivity contribution < 1.29 is 9.53 Å². The molecule has 5 nitrogen and oxygen atoms in total. The topological polar surface area (TPSA) is 90.7 Å². The van der Waals surface area contributed by atoms with Crippen LogP contribution in [0, 0.1) is 0 Å². The molecular weight excluding hydrogens is 182 g/mol. The fraction of sp³-hybridized carbons (Fsp3) is 0.778. The van der Waals surface area contributed by atoms with E-state index >= 15 is 0 Å². The summed E-state index contributed by atoms with van der Waals surface area (Å²) in [6, 6.07) is 0. The van der Waals surface area contributed by atoms with Crippen LogP contribution in [0.5, 0.6) is 0 Å². The highest BCUT2D eigenvalue weighted by Crippen LogP contribution is 2.00. The number of carbonyl (C=O) groups excluding carboxylic acids is 1. The van der Waals surface area contributed by atoms with Gasteiger partial charge in [-0.05, 0) is 19.3 Å². The summed E-state index contributed by atoms with van der Waals surface area (Å²) < 4.78 is 4.78. The summed E-state index contributed by atoms with van der Waals surface area (Å²) in [5.74, 6) is -0.0737. The third kappa shape index (κ3) is 10.7. The van der Waals surface area contributed by atoms with E-state index in [9.17, 15) is 4.79 Å². The van der Waals surface area contributed by atoms with E-state index in [0.717, 1.165) is 25.7 Å². The van der Waals surface area contributed by atoms with E-state index in [1.54, 1.807) is 0 Å². The predicted octanol–water partition coefficient (Wildman–Crippen LogP) is 0.383. The number of carbonyl (C=O) groups is 1. The first-order valence-corrected chi connectivity index (χ1v) is 4.81. The molecule has 0 radical (unpaired) electrons. The van der Waals surface area contributed by atoms with Crippen molar-refractivity contribution in [3.63, 3.8) is 0 Å². The van der Waals surface area contributed by atoms with Crippen LogP contribution in [0.15, 0.2) is 4.99 Å². The fourth-order valence-corrected chi connectivity index (χ4v) is 0.991. The van der Waals surface area contributed by atoms with Crippen molar-refractivity contribution in [1.29, 1.82) is 0 Å². The first-order chi connectivity index (χ1) is 6.63. The van der Waals surface area contributed by atoms with Crippen LogP contribution in [0.2, 0.25) is 0 Å². The molecule has 0 heterocycles. The molecule has 0 aromatic rings. The maximum Gasteiger partial charge on any atom is 0.302 e. The lowest BCUT2D eigenvalue weighted by Gasteiger charge is -2.01. The van der Waals surface area contributed by atoms with Gasteiger partial charge in [-0.2, -0.15) is 0 Å². The third-order valence-electron chi connectivity index (χ3n) is 1.65. The molecular formula is C9H19N3O2. The van der Waals surface area contributed by atoms with Crippen LogP contribution in [0.25, 0.3) is 0 Å². The number of ether oxygens (including phenoxy) is 1. The van der Waals surface area contributed by atoms with E-state index in [1.807, 2.05) is 0 Å². The SMILES string of the molecule is CC(=O)OCCCCCCN=C(N)N. The normalized spacial score (nSPS) is 9.50. The van der Waals surface area contributed by atoms with E-state index in [0.29, 0.717) is 13.2 Å². The second-order valence-electron chi connectivity index (χ2n) is 3.06. The molecule has 0 atom stereocenters. The van der Waals surface area contributed by atoms with Crippen LogP contribution in [-0.2, 0) is 9.53 Å². The lowest BCUT2D eigenvalue weighted by molar-refractivity contribution is -0.141. The zero-order valence-corrected chi connectivity index (χ0v) is 8.66. The Bertz CT molecular complexity index is 188. The zero-order valence-electron chi connectivity index (χ0n) is 8.66. The average Bonchev–Trinajstić information content (AvgIpc) is 2.08. The fourth-order valence-electron chi connectivity index (χ4n) is 0.991. The van der Waals surface area contributed by atoms with Gasteiger partial charge in [0.25, 0.3) is 0 Å². The van der Waals surface area contributed by atoms with Crippen molar-refractivity contribution in [1.82, 2.24) is 0 Å². The van der Waals surface area contributed by atoms with Gasteiger partial charge in [-0.1, -0.05) is 6.42 Å². The molecule has 14 heavy (non-hydrogen) atoms. The van der Waals surface area contributed by atoms with Crippen molar-refractivity contribution in [2.24, 2.45) is 16.5 Å². The van der Waals surface area contributed by atoms with Crippen LogP contribution >= 0.6 is 0 Å². The van der Waals surface area contributed by atoms with Crippen molar-refractivity contribution >= 4 is 11.9 Å². The lowest BCUT2D eigenvalue weighted by Crippen LogP contribution is -2.22. The predicted molar refractivity (Wildman–Crippen MR) is 55.8 cm³/mol. The lowest BCUT2D eigenvalue weighted by atomic mass is 10.2. The number of hydrogen-bond acceptors (Lipinski definition) is 3. The highest BCUT2D eigenvalue weighted by Gasteiger charge is 1.93. The summed E-state index contributed by atoms with van der Waals surface area (Å²) in [6.45, 7) is 2.60. The van der Waals surface area contributed by atoms with Gasteiger partial charge in [0, 0.05) is 13.5 Å². The summed E-state index contributed by atoms with van der Waals surface area (Å²) in [5, 5.41) is 0. The van der Waals surface area contributed by atoms with Gasteiger partial charge < -0.3 is 16.2 Å². The average molecular weight is 201 g/mol. The molecule has 0 saturated carbocycles. The van der Waals surface area contributed by atoms with Gasteiger partial charge in [-0.25, -0.2) is 0 Å². The summed E-state index contributed by atoms with van der Waals surface area (Å²) in [5.41, 5.74) is 10.3. The number of unbranched alkanes of at least 4 members (excludes halogenated alkanes) is 3. The van der Waals surface area contributed by atoms with Crippen molar-refractivity contribution in [3.8, 4) is 0 Å². The number of nitrogens with zero attached hydrogens (tertiary/aromatic N) is 1. The molecule has 0 fully saturated rings. The molecule has 4 N–H and O–H groups in total. The van der Waals surface area contributed by atoms with E-state index in [4.69, 9.17) is 16.2 Å². The Hall–Kier alpha value is -1.26. The van der Waals surface area contributed by atoms with Crippen molar-refractivity contribution in [2.45, 2.75) is 32.6 Å². The largest absolute Gasteiger partial charge is 0.466 e. The molecule has 0 amide bonds. The van der Waals surface area contributed by atoms with E-state index in [-0.39, 0.29) is 11.9 Å². The molecule has 0 aliphatic rings. The quantitative estimate of drug-likeness (QED) is 0.270. The van der Waals surface area contributed by atoms with Crippen LogP contribution in [0.1, 0.15) is 32.6 Å². The van der Waals surface area contributed by atoms with E-state index in [1.165, 1.54) is 6.92 Å². The molecule has 0 spiro atoms. The van der Waals surface area contributed by atoms with Crippen molar-refractivity contribution in [2.75, 3.05) is 13.2 Å². The molecule has 82 valence electrons. The van der Waals surface area contributed by atoms with E-state index < -0.39 is 0 Å². The Kier molecular flexibility index (Phi) is 7.59. The molecule has 0 aliphatic carbocycles. The molecule has 0 rings (SSSR count). The second kappa shape index (κ2) is 8.34. The number of guanidine groups is 1. The smallest absolute Gasteiger partial charge is 0.302 e. The van der Waals surface area contributed by atoms with Crippen LogP contribution in [0.4, 0.5) is 0 Å². The Morgan fingerprint density at radius 2 is 1.86 bits per heavy atom. The maximum atomic E-state index is 10.4. The van der Waals surface area contributed by atoms with Gasteiger partial charge in [0.2, 0.25) is 0 Å². The minimum atomic E-state index is -0.217. The highest BCUT2D eigenvalue weighted by atomic mass is 16.5.